The Morgan fingerprint density at radius 1 is 1.03 bits per heavy atom. The van der Waals surface area contributed by atoms with Gasteiger partial charge in [0.05, 0.1) is 11.2 Å². The number of carbonyl (C=O) groups excluding carboxylic acids is 1. The van der Waals surface area contributed by atoms with Crippen molar-refractivity contribution in [3.8, 4) is 5.69 Å². The molecule has 0 spiro atoms. The number of fused-ring (bicyclic) bond motifs is 2. The second-order valence-corrected chi connectivity index (χ2v) is 8.17. The zero-order chi connectivity index (χ0) is 22.8. The molecular formula is C25H24FN5O2. The molecule has 7 nitrogen and oxygen atoms in total. The minimum atomic E-state index is -0.391. The van der Waals surface area contributed by atoms with E-state index in [1.165, 1.54) is 44.5 Å². The van der Waals surface area contributed by atoms with Gasteiger partial charge in [0, 0.05) is 32.4 Å². The second-order valence-electron chi connectivity index (χ2n) is 8.17. The normalized spacial score (nSPS) is 13.7. The van der Waals surface area contributed by atoms with Crippen LogP contribution in [0.3, 0.4) is 0 Å². The van der Waals surface area contributed by atoms with Crippen LogP contribution in [0, 0.1) is 5.82 Å². The number of halogens is 1. The van der Waals surface area contributed by atoms with Gasteiger partial charge in [-0.2, -0.15) is 0 Å². The van der Waals surface area contributed by atoms with Crippen LogP contribution in [0.5, 0.6) is 0 Å². The summed E-state index contributed by atoms with van der Waals surface area (Å²) in [6.07, 6.45) is 2.60. The first kappa shape index (κ1) is 21.1. The molecule has 5 rings (SSSR count). The Labute approximate surface area is 190 Å². The lowest BCUT2D eigenvalue weighted by Crippen LogP contribution is -2.39. The predicted octanol–water partition coefficient (Wildman–Crippen LogP) is 2.50. The van der Waals surface area contributed by atoms with Crippen molar-refractivity contribution in [3.05, 3.63) is 94.3 Å². The van der Waals surface area contributed by atoms with E-state index >= 15 is 0 Å². The molecule has 0 aliphatic carbocycles. The molecule has 0 bridgehead atoms. The molecule has 8 heteroatoms. The quantitative estimate of drug-likeness (QED) is 0.495. The monoisotopic (exact) mass is 445 g/mol. The molecule has 33 heavy (non-hydrogen) atoms. The maximum atomic E-state index is 13.4. The molecule has 0 saturated carbocycles. The Hall–Kier alpha value is -3.78. The molecule has 1 amide bonds. The van der Waals surface area contributed by atoms with E-state index in [1.54, 1.807) is 18.3 Å². The fraction of sp³-hybridized carbons (Fsp3) is 0.240. The number of hydrogen-bond donors (Lipinski definition) is 1. The number of nitrogens with zero attached hydrogens (tertiary/aromatic N) is 4. The maximum Gasteiger partial charge on any atom is 0.335 e. The van der Waals surface area contributed by atoms with E-state index in [4.69, 9.17) is 0 Å². The third-order valence-corrected chi connectivity index (χ3v) is 6.04. The highest BCUT2D eigenvalue weighted by molar-refractivity contribution is 5.80. The minimum Gasteiger partial charge on any atom is -0.353 e. The van der Waals surface area contributed by atoms with Crippen molar-refractivity contribution in [3.63, 3.8) is 0 Å². The van der Waals surface area contributed by atoms with Crippen LogP contribution in [0.4, 0.5) is 4.39 Å². The van der Waals surface area contributed by atoms with Crippen LogP contribution in [-0.2, 0) is 24.3 Å². The number of amides is 1. The number of benzene rings is 2. The van der Waals surface area contributed by atoms with Crippen LogP contribution in [0.25, 0.3) is 16.9 Å². The van der Waals surface area contributed by atoms with Gasteiger partial charge < -0.3 is 5.32 Å². The Morgan fingerprint density at radius 2 is 1.82 bits per heavy atom. The van der Waals surface area contributed by atoms with Crippen molar-refractivity contribution in [2.45, 2.75) is 19.5 Å². The van der Waals surface area contributed by atoms with Gasteiger partial charge in [-0.3, -0.25) is 14.3 Å². The first-order valence-electron chi connectivity index (χ1n) is 11.0. The molecule has 0 atom stereocenters. The molecule has 0 radical (unpaired) electrons. The van der Waals surface area contributed by atoms with Crippen molar-refractivity contribution >= 4 is 17.1 Å². The van der Waals surface area contributed by atoms with Gasteiger partial charge in [-0.15, -0.1) is 0 Å². The number of imidazole rings is 1. The van der Waals surface area contributed by atoms with Crippen LogP contribution in [0.15, 0.2) is 71.7 Å². The standard InChI is InChI=1S/C25H24FN5O2/c26-20-7-9-21(10-8-20)31-24-22(6-3-12-28-24)30(25(31)33)17-23(32)27-13-15-29-14-11-18-4-1-2-5-19(18)16-29/h1-10,12H,11,13-17H2,(H,27,32). The first-order valence-corrected chi connectivity index (χ1v) is 11.0. The fourth-order valence-electron chi connectivity index (χ4n) is 4.36. The highest BCUT2D eigenvalue weighted by Gasteiger charge is 2.18. The number of rotatable bonds is 6. The van der Waals surface area contributed by atoms with Crippen LogP contribution < -0.4 is 11.0 Å². The van der Waals surface area contributed by atoms with Gasteiger partial charge in [0.15, 0.2) is 5.65 Å². The van der Waals surface area contributed by atoms with E-state index in [2.05, 4.69) is 39.5 Å². The summed E-state index contributed by atoms with van der Waals surface area (Å²) in [7, 11) is 0. The molecular weight excluding hydrogens is 421 g/mol. The fourth-order valence-corrected chi connectivity index (χ4v) is 4.36. The summed E-state index contributed by atoms with van der Waals surface area (Å²) < 4.78 is 16.2. The van der Waals surface area contributed by atoms with Gasteiger partial charge in [0.25, 0.3) is 0 Å². The Morgan fingerprint density at radius 3 is 2.64 bits per heavy atom. The van der Waals surface area contributed by atoms with E-state index in [0.717, 1.165) is 26.1 Å². The van der Waals surface area contributed by atoms with E-state index in [0.29, 0.717) is 23.4 Å². The molecule has 2 aromatic heterocycles. The summed E-state index contributed by atoms with van der Waals surface area (Å²) in [6.45, 7) is 2.97. The van der Waals surface area contributed by atoms with Crippen LogP contribution in [0.1, 0.15) is 11.1 Å². The van der Waals surface area contributed by atoms with Gasteiger partial charge in [0.2, 0.25) is 5.91 Å². The summed E-state index contributed by atoms with van der Waals surface area (Å²) in [4.78, 5) is 32.5. The Balaban J connectivity index is 1.28. The van der Waals surface area contributed by atoms with Crippen molar-refractivity contribution in [2.75, 3.05) is 19.6 Å². The predicted molar refractivity (Wildman–Crippen MR) is 124 cm³/mol. The highest BCUT2D eigenvalue weighted by Crippen LogP contribution is 2.18. The minimum absolute atomic E-state index is 0.113. The molecule has 4 aromatic rings. The van der Waals surface area contributed by atoms with Gasteiger partial charge in [-0.05, 0) is 53.9 Å². The largest absolute Gasteiger partial charge is 0.353 e. The van der Waals surface area contributed by atoms with E-state index in [1.807, 2.05) is 0 Å². The first-order chi connectivity index (χ1) is 16.1. The van der Waals surface area contributed by atoms with Crippen LogP contribution in [0.2, 0.25) is 0 Å². The SMILES string of the molecule is O=C(Cn1c(=O)n(-c2ccc(F)cc2)c2ncccc21)NCCN1CCc2ccccc2C1. The molecule has 0 saturated heterocycles. The molecule has 1 N–H and O–H groups in total. The smallest absolute Gasteiger partial charge is 0.335 e. The molecule has 168 valence electrons. The number of carbonyl (C=O) groups is 1. The summed E-state index contributed by atoms with van der Waals surface area (Å²) in [5.41, 5.74) is 3.81. The highest BCUT2D eigenvalue weighted by atomic mass is 19.1. The average molecular weight is 445 g/mol. The zero-order valence-corrected chi connectivity index (χ0v) is 18.1. The maximum absolute atomic E-state index is 13.4. The van der Waals surface area contributed by atoms with Gasteiger partial charge in [-0.1, -0.05) is 24.3 Å². The zero-order valence-electron chi connectivity index (χ0n) is 18.1. The van der Waals surface area contributed by atoms with E-state index in [9.17, 15) is 14.0 Å². The van der Waals surface area contributed by atoms with Crippen LogP contribution >= 0.6 is 0 Å². The number of aromatic nitrogens is 3. The summed E-state index contributed by atoms with van der Waals surface area (Å²) in [5, 5.41) is 2.93. The topological polar surface area (TPSA) is 72.2 Å². The molecule has 0 fully saturated rings. The van der Waals surface area contributed by atoms with Gasteiger partial charge in [-0.25, -0.2) is 18.7 Å². The molecule has 3 heterocycles. The van der Waals surface area contributed by atoms with Crippen molar-refractivity contribution in [1.82, 2.24) is 24.3 Å². The summed E-state index contributed by atoms with van der Waals surface area (Å²) in [6, 6.07) is 17.5. The summed E-state index contributed by atoms with van der Waals surface area (Å²) >= 11 is 0. The second kappa shape index (κ2) is 8.99. The molecule has 1 aliphatic heterocycles. The molecule has 1 aliphatic rings. The Kier molecular flexibility index (Phi) is 5.75. The van der Waals surface area contributed by atoms with Gasteiger partial charge >= 0.3 is 5.69 Å². The average Bonchev–Trinajstić information content (AvgIpc) is 3.11. The lowest BCUT2D eigenvalue weighted by atomic mass is 10.00. The number of hydrogen-bond acceptors (Lipinski definition) is 4. The van der Waals surface area contributed by atoms with E-state index < -0.39 is 5.69 Å². The third-order valence-electron chi connectivity index (χ3n) is 6.04. The van der Waals surface area contributed by atoms with Crippen molar-refractivity contribution in [1.29, 1.82) is 0 Å². The lowest BCUT2D eigenvalue weighted by Gasteiger charge is -2.28. The Bertz CT molecular complexity index is 1360. The van der Waals surface area contributed by atoms with E-state index in [-0.39, 0.29) is 18.3 Å². The third kappa shape index (κ3) is 4.29. The molecule has 2 aromatic carbocycles. The number of pyridine rings is 1. The summed E-state index contributed by atoms with van der Waals surface area (Å²) in [5.74, 6) is -0.628. The van der Waals surface area contributed by atoms with Crippen molar-refractivity contribution in [2.24, 2.45) is 0 Å². The lowest BCUT2D eigenvalue weighted by molar-refractivity contribution is -0.121. The van der Waals surface area contributed by atoms with Crippen LogP contribution in [-0.4, -0.2) is 44.6 Å². The van der Waals surface area contributed by atoms with Crippen molar-refractivity contribution < 1.29 is 9.18 Å². The van der Waals surface area contributed by atoms with Gasteiger partial charge in [0.1, 0.15) is 12.4 Å². The number of nitrogens with one attached hydrogen (secondary N) is 1. The molecule has 0 unspecified atom stereocenters.